The van der Waals surface area contributed by atoms with Crippen LogP contribution in [0.3, 0.4) is 0 Å². The SMILES string of the molecule is COc1ccccc1S(=O)(=O)N1CCCC(CC(=O)O)C1. The molecule has 1 N–H and O–H groups in total. The molecule has 6 nitrogen and oxygen atoms in total. The van der Waals surface area contributed by atoms with Gasteiger partial charge in [-0.15, -0.1) is 0 Å². The predicted octanol–water partition coefficient (Wildman–Crippen LogP) is 1.57. The molecule has 1 aromatic carbocycles. The fourth-order valence-electron chi connectivity index (χ4n) is 2.63. The normalized spacial score (nSPS) is 20.1. The van der Waals surface area contributed by atoms with Crippen molar-refractivity contribution in [1.82, 2.24) is 4.31 Å². The lowest BCUT2D eigenvalue weighted by molar-refractivity contribution is -0.138. The first kappa shape index (κ1) is 15.8. The van der Waals surface area contributed by atoms with Gasteiger partial charge < -0.3 is 9.84 Å². The molecule has 2 rings (SSSR count). The molecule has 0 aromatic heterocycles. The molecule has 7 heteroatoms. The average molecular weight is 313 g/mol. The molecule has 0 aliphatic carbocycles. The van der Waals surface area contributed by atoms with E-state index < -0.39 is 16.0 Å². The molecule has 1 fully saturated rings. The lowest BCUT2D eigenvalue weighted by Crippen LogP contribution is -2.40. The summed E-state index contributed by atoms with van der Waals surface area (Å²) in [5, 5.41) is 8.87. The van der Waals surface area contributed by atoms with E-state index >= 15 is 0 Å². The monoisotopic (exact) mass is 313 g/mol. The number of methoxy groups -OCH3 is 1. The molecule has 0 radical (unpaired) electrons. The average Bonchev–Trinajstić information content (AvgIpc) is 2.46. The van der Waals surface area contributed by atoms with Gasteiger partial charge in [-0.2, -0.15) is 4.31 Å². The molecule has 1 saturated heterocycles. The van der Waals surface area contributed by atoms with Crippen LogP contribution in [0.2, 0.25) is 0 Å². The van der Waals surface area contributed by atoms with Crippen molar-refractivity contribution in [1.29, 1.82) is 0 Å². The molecular weight excluding hydrogens is 294 g/mol. The highest BCUT2D eigenvalue weighted by atomic mass is 32.2. The molecule has 1 unspecified atom stereocenters. The van der Waals surface area contributed by atoms with E-state index in [2.05, 4.69) is 0 Å². The summed E-state index contributed by atoms with van der Waals surface area (Å²) < 4.78 is 31.9. The third-order valence-corrected chi connectivity index (χ3v) is 5.54. The van der Waals surface area contributed by atoms with Crippen molar-refractivity contribution in [3.05, 3.63) is 24.3 Å². The number of ether oxygens (including phenoxy) is 1. The van der Waals surface area contributed by atoms with Crippen molar-refractivity contribution < 1.29 is 23.1 Å². The van der Waals surface area contributed by atoms with Gasteiger partial charge in [0, 0.05) is 19.5 Å². The van der Waals surface area contributed by atoms with Gasteiger partial charge in [-0.05, 0) is 30.9 Å². The second-order valence-corrected chi connectivity index (χ2v) is 7.03. The summed E-state index contributed by atoms with van der Waals surface area (Å²) in [6, 6.07) is 6.47. The number of nitrogens with zero attached hydrogens (tertiary/aromatic N) is 1. The standard InChI is InChI=1S/C14H19NO5S/c1-20-12-6-2-3-7-13(12)21(18,19)15-8-4-5-11(10-15)9-14(16)17/h2-3,6-7,11H,4-5,8-10H2,1H3,(H,16,17). The number of benzene rings is 1. The molecule has 116 valence electrons. The molecule has 0 amide bonds. The number of para-hydroxylation sites is 1. The number of sulfonamides is 1. The quantitative estimate of drug-likeness (QED) is 0.892. The number of carboxylic acid groups (broad SMARTS) is 1. The Bertz CT molecular complexity index is 614. The van der Waals surface area contributed by atoms with Gasteiger partial charge in [-0.3, -0.25) is 4.79 Å². The minimum absolute atomic E-state index is 0.00204. The van der Waals surface area contributed by atoms with Crippen LogP contribution in [0, 0.1) is 5.92 Å². The minimum atomic E-state index is -3.66. The van der Waals surface area contributed by atoms with Gasteiger partial charge >= 0.3 is 5.97 Å². The molecule has 1 heterocycles. The zero-order valence-electron chi connectivity index (χ0n) is 11.9. The van der Waals surface area contributed by atoms with Crippen LogP contribution in [-0.4, -0.2) is 44.0 Å². The van der Waals surface area contributed by atoms with Crippen molar-refractivity contribution in [3.63, 3.8) is 0 Å². The zero-order chi connectivity index (χ0) is 15.5. The third-order valence-electron chi connectivity index (χ3n) is 3.63. The summed E-state index contributed by atoms with van der Waals surface area (Å²) in [6.45, 7) is 0.656. The molecule has 1 aromatic rings. The number of carbonyl (C=O) groups is 1. The maximum Gasteiger partial charge on any atom is 0.303 e. The first-order valence-corrected chi connectivity index (χ1v) is 8.24. The third kappa shape index (κ3) is 3.54. The first-order valence-electron chi connectivity index (χ1n) is 6.80. The number of hydrogen-bond donors (Lipinski definition) is 1. The summed E-state index contributed by atoms with van der Waals surface area (Å²) >= 11 is 0. The van der Waals surface area contributed by atoms with E-state index in [1.165, 1.54) is 17.5 Å². The maximum absolute atomic E-state index is 12.7. The van der Waals surface area contributed by atoms with E-state index in [4.69, 9.17) is 9.84 Å². The Kier molecular flexibility index (Phi) is 4.84. The summed E-state index contributed by atoms with van der Waals surface area (Å²) in [7, 11) is -2.23. The van der Waals surface area contributed by atoms with Crippen molar-refractivity contribution in [2.24, 2.45) is 5.92 Å². The van der Waals surface area contributed by atoms with E-state index in [9.17, 15) is 13.2 Å². The second kappa shape index (κ2) is 6.44. The Labute approximate surface area is 124 Å². The van der Waals surface area contributed by atoms with Crippen LogP contribution < -0.4 is 4.74 Å². The topological polar surface area (TPSA) is 83.9 Å². The van der Waals surface area contributed by atoms with E-state index in [1.54, 1.807) is 18.2 Å². The molecule has 0 spiro atoms. The molecular formula is C14H19NO5S. The van der Waals surface area contributed by atoms with Gasteiger partial charge in [-0.1, -0.05) is 12.1 Å². The van der Waals surface area contributed by atoms with Gasteiger partial charge in [0.2, 0.25) is 10.0 Å². The highest BCUT2D eigenvalue weighted by Crippen LogP contribution is 2.30. The Hall–Kier alpha value is -1.60. The van der Waals surface area contributed by atoms with Crippen molar-refractivity contribution in [2.45, 2.75) is 24.2 Å². The molecule has 1 aliphatic rings. The summed E-state index contributed by atoms with van der Waals surface area (Å²) in [6.07, 6.45) is 1.41. The molecule has 1 aliphatic heterocycles. The Morgan fingerprint density at radius 3 is 2.81 bits per heavy atom. The molecule has 21 heavy (non-hydrogen) atoms. The predicted molar refractivity (Wildman–Crippen MR) is 76.7 cm³/mol. The maximum atomic E-state index is 12.7. The van der Waals surface area contributed by atoms with E-state index in [0.29, 0.717) is 18.7 Å². The lowest BCUT2D eigenvalue weighted by atomic mass is 9.96. The van der Waals surface area contributed by atoms with Crippen LogP contribution in [0.1, 0.15) is 19.3 Å². The smallest absolute Gasteiger partial charge is 0.303 e. The Morgan fingerprint density at radius 1 is 1.43 bits per heavy atom. The summed E-state index contributed by atoms with van der Waals surface area (Å²) in [5.74, 6) is -0.727. The van der Waals surface area contributed by atoms with E-state index in [-0.39, 0.29) is 23.8 Å². The van der Waals surface area contributed by atoms with Gasteiger partial charge in [0.05, 0.1) is 7.11 Å². The summed E-state index contributed by atoms with van der Waals surface area (Å²) in [5.41, 5.74) is 0. The summed E-state index contributed by atoms with van der Waals surface area (Å²) in [4.78, 5) is 10.9. The largest absolute Gasteiger partial charge is 0.495 e. The molecule has 0 saturated carbocycles. The van der Waals surface area contributed by atoms with Crippen LogP contribution in [0.25, 0.3) is 0 Å². The zero-order valence-corrected chi connectivity index (χ0v) is 12.7. The lowest BCUT2D eigenvalue weighted by Gasteiger charge is -2.31. The first-order chi connectivity index (χ1) is 9.95. The van der Waals surface area contributed by atoms with Gasteiger partial charge in [0.25, 0.3) is 0 Å². The van der Waals surface area contributed by atoms with Crippen molar-refractivity contribution in [2.75, 3.05) is 20.2 Å². The highest BCUT2D eigenvalue weighted by Gasteiger charge is 2.32. The minimum Gasteiger partial charge on any atom is -0.495 e. The number of hydrogen-bond acceptors (Lipinski definition) is 4. The highest BCUT2D eigenvalue weighted by molar-refractivity contribution is 7.89. The fraction of sp³-hybridized carbons (Fsp3) is 0.500. The Morgan fingerprint density at radius 2 is 2.14 bits per heavy atom. The van der Waals surface area contributed by atoms with Crippen LogP contribution in [0.15, 0.2) is 29.2 Å². The Balaban J connectivity index is 2.24. The van der Waals surface area contributed by atoms with Crippen molar-refractivity contribution in [3.8, 4) is 5.75 Å². The number of carboxylic acids is 1. The van der Waals surface area contributed by atoms with Gasteiger partial charge in [0.1, 0.15) is 10.6 Å². The number of piperidine rings is 1. The number of aliphatic carboxylic acids is 1. The fourth-order valence-corrected chi connectivity index (χ4v) is 4.34. The van der Waals surface area contributed by atoms with E-state index in [0.717, 1.165) is 6.42 Å². The van der Waals surface area contributed by atoms with Gasteiger partial charge in [0.15, 0.2) is 0 Å². The molecule has 0 bridgehead atoms. The van der Waals surface area contributed by atoms with E-state index in [1.807, 2.05) is 0 Å². The van der Waals surface area contributed by atoms with Crippen LogP contribution >= 0.6 is 0 Å². The number of rotatable bonds is 5. The van der Waals surface area contributed by atoms with Gasteiger partial charge in [-0.25, -0.2) is 8.42 Å². The molecule has 1 atom stereocenters. The van der Waals surface area contributed by atoms with Crippen LogP contribution in [-0.2, 0) is 14.8 Å². The van der Waals surface area contributed by atoms with Crippen LogP contribution in [0.4, 0.5) is 0 Å². The second-order valence-electron chi connectivity index (χ2n) is 5.12. The van der Waals surface area contributed by atoms with Crippen molar-refractivity contribution >= 4 is 16.0 Å². The van der Waals surface area contributed by atoms with Crippen LogP contribution in [0.5, 0.6) is 5.75 Å².